The van der Waals surface area contributed by atoms with Gasteiger partial charge in [-0.25, -0.2) is 0 Å². The minimum absolute atomic E-state index is 0.0662. The number of nitrogens with one attached hydrogen (secondary N) is 1. The molecule has 1 saturated carbocycles. The molecule has 1 aliphatic rings. The van der Waals surface area contributed by atoms with Crippen molar-refractivity contribution in [2.24, 2.45) is 5.73 Å². The van der Waals surface area contributed by atoms with E-state index in [9.17, 15) is 4.79 Å². The van der Waals surface area contributed by atoms with E-state index in [0.717, 1.165) is 18.4 Å². The maximum atomic E-state index is 12.3. The van der Waals surface area contributed by atoms with Crippen LogP contribution in [-0.2, 0) is 4.79 Å². The molecule has 1 aromatic carbocycles. The summed E-state index contributed by atoms with van der Waals surface area (Å²) in [6.45, 7) is 2.46. The van der Waals surface area contributed by atoms with Crippen molar-refractivity contribution in [3.05, 3.63) is 29.8 Å². The largest absolute Gasteiger partial charge is 0.395 e. The van der Waals surface area contributed by atoms with E-state index in [1.807, 2.05) is 6.92 Å². The minimum Gasteiger partial charge on any atom is -0.395 e. The highest BCUT2D eigenvalue weighted by Crippen LogP contribution is 2.28. The first-order valence-electron chi connectivity index (χ1n) is 7.10. The zero-order chi connectivity index (χ0) is 15.4. The molecule has 1 atom stereocenters. The van der Waals surface area contributed by atoms with E-state index in [4.69, 9.17) is 23.1 Å². The summed E-state index contributed by atoms with van der Waals surface area (Å²) in [6, 6.07) is 7.30. The SMILES string of the molecule is CC(C(=O)Nc1ccc(C(N)=S)cc1)N(CCO)C1CC1. The number of hydrogen-bond acceptors (Lipinski definition) is 4. The van der Waals surface area contributed by atoms with E-state index in [1.54, 1.807) is 24.3 Å². The van der Waals surface area contributed by atoms with Gasteiger partial charge in [-0.2, -0.15) is 0 Å². The number of rotatable bonds is 7. The van der Waals surface area contributed by atoms with E-state index in [2.05, 4.69) is 10.2 Å². The number of nitrogens with two attached hydrogens (primary N) is 1. The quantitative estimate of drug-likeness (QED) is 0.658. The molecule has 0 aromatic heterocycles. The third kappa shape index (κ3) is 4.23. The zero-order valence-corrected chi connectivity index (χ0v) is 12.9. The lowest BCUT2D eigenvalue weighted by atomic mass is 10.2. The van der Waals surface area contributed by atoms with Crippen molar-refractivity contribution in [1.82, 2.24) is 4.90 Å². The number of benzene rings is 1. The molecule has 0 spiro atoms. The number of amides is 1. The molecule has 21 heavy (non-hydrogen) atoms. The summed E-state index contributed by atoms with van der Waals surface area (Å²) < 4.78 is 0. The second-order valence-electron chi connectivity index (χ2n) is 5.30. The Bertz CT molecular complexity index is 514. The second kappa shape index (κ2) is 6.98. The second-order valence-corrected chi connectivity index (χ2v) is 5.74. The molecule has 0 heterocycles. The maximum absolute atomic E-state index is 12.3. The van der Waals surface area contributed by atoms with Crippen LogP contribution in [0.3, 0.4) is 0 Å². The normalized spacial score (nSPS) is 15.8. The van der Waals surface area contributed by atoms with Crippen LogP contribution in [0.25, 0.3) is 0 Å². The standard InChI is InChI=1S/C15H21N3O2S/c1-10(18(8-9-19)13-6-7-13)15(20)17-12-4-2-11(3-5-12)14(16)21/h2-5,10,13,19H,6-9H2,1H3,(H2,16,21)(H,17,20). The van der Waals surface area contributed by atoms with E-state index < -0.39 is 0 Å². The van der Waals surface area contributed by atoms with Crippen molar-refractivity contribution in [3.8, 4) is 0 Å². The molecule has 6 heteroatoms. The molecule has 0 aliphatic heterocycles. The summed E-state index contributed by atoms with van der Waals surface area (Å²) in [5.74, 6) is -0.0709. The number of carbonyl (C=O) groups excluding carboxylic acids is 1. The van der Waals surface area contributed by atoms with Crippen LogP contribution in [0, 0.1) is 0 Å². The Labute approximate surface area is 130 Å². The predicted molar refractivity (Wildman–Crippen MR) is 87.2 cm³/mol. The Kier molecular flexibility index (Phi) is 5.27. The van der Waals surface area contributed by atoms with Gasteiger partial charge in [-0.05, 0) is 44.0 Å². The third-order valence-corrected chi connectivity index (χ3v) is 3.92. The van der Waals surface area contributed by atoms with Crippen molar-refractivity contribution in [1.29, 1.82) is 0 Å². The summed E-state index contributed by atoms with van der Waals surface area (Å²) in [6.07, 6.45) is 2.19. The number of aliphatic hydroxyl groups is 1. The van der Waals surface area contributed by atoms with Crippen LogP contribution < -0.4 is 11.1 Å². The fourth-order valence-corrected chi connectivity index (χ4v) is 2.47. The van der Waals surface area contributed by atoms with Crippen molar-refractivity contribution >= 4 is 28.8 Å². The topological polar surface area (TPSA) is 78.6 Å². The lowest BCUT2D eigenvalue weighted by Crippen LogP contribution is -2.44. The number of thiocarbonyl (C=S) groups is 1. The molecule has 114 valence electrons. The van der Waals surface area contributed by atoms with Crippen molar-refractivity contribution < 1.29 is 9.90 Å². The average Bonchev–Trinajstić information content (AvgIpc) is 3.29. The first-order valence-corrected chi connectivity index (χ1v) is 7.51. The van der Waals surface area contributed by atoms with Crippen molar-refractivity contribution in [2.45, 2.75) is 31.8 Å². The highest BCUT2D eigenvalue weighted by Gasteiger charge is 2.34. The lowest BCUT2D eigenvalue weighted by Gasteiger charge is -2.27. The molecule has 0 bridgehead atoms. The van der Waals surface area contributed by atoms with Gasteiger partial charge in [0, 0.05) is 23.8 Å². The van der Waals surface area contributed by atoms with Gasteiger partial charge >= 0.3 is 0 Å². The number of carbonyl (C=O) groups is 1. The third-order valence-electron chi connectivity index (χ3n) is 3.69. The predicted octanol–water partition coefficient (Wildman–Crippen LogP) is 1.10. The molecule has 5 nitrogen and oxygen atoms in total. The Hall–Kier alpha value is -1.50. The molecule has 1 unspecified atom stereocenters. The maximum Gasteiger partial charge on any atom is 0.241 e. The Morgan fingerprint density at radius 1 is 1.48 bits per heavy atom. The van der Waals surface area contributed by atoms with E-state index in [0.29, 0.717) is 23.3 Å². The average molecular weight is 307 g/mol. The van der Waals surface area contributed by atoms with E-state index in [1.165, 1.54) is 0 Å². The van der Waals surface area contributed by atoms with Gasteiger partial charge in [0.05, 0.1) is 12.6 Å². The first-order chi connectivity index (χ1) is 10.0. The molecular formula is C15H21N3O2S. The van der Waals surface area contributed by atoms with Gasteiger partial charge in [0.25, 0.3) is 0 Å². The molecule has 1 aliphatic carbocycles. The number of aliphatic hydroxyl groups excluding tert-OH is 1. The van der Waals surface area contributed by atoms with E-state index >= 15 is 0 Å². The molecular weight excluding hydrogens is 286 g/mol. The molecule has 4 N–H and O–H groups in total. The molecule has 0 radical (unpaired) electrons. The number of nitrogens with zero attached hydrogens (tertiary/aromatic N) is 1. The highest BCUT2D eigenvalue weighted by atomic mass is 32.1. The molecule has 1 amide bonds. The zero-order valence-electron chi connectivity index (χ0n) is 12.1. The van der Waals surface area contributed by atoms with Crippen molar-refractivity contribution in [2.75, 3.05) is 18.5 Å². The summed E-state index contributed by atoms with van der Waals surface area (Å²) in [5, 5.41) is 12.0. The first kappa shape index (κ1) is 15.9. The Balaban J connectivity index is 1.97. The molecule has 2 rings (SSSR count). The van der Waals surface area contributed by atoms with Gasteiger partial charge in [0.2, 0.25) is 5.91 Å². The van der Waals surface area contributed by atoms with Crippen molar-refractivity contribution in [3.63, 3.8) is 0 Å². The summed E-state index contributed by atoms with van der Waals surface area (Å²) >= 11 is 4.89. The van der Waals surface area contributed by atoms with Crippen LogP contribution >= 0.6 is 12.2 Å². The minimum atomic E-state index is -0.264. The van der Waals surface area contributed by atoms with Gasteiger partial charge in [0.15, 0.2) is 0 Å². The smallest absolute Gasteiger partial charge is 0.241 e. The summed E-state index contributed by atoms with van der Waals surface area (Å²) in [4.78, 5) is 14.7. The van der Waals surface area contributed by atoms with Crippen LogP contribution in [0.2, 0.25) is 0 Å². The monoisotopic (exact) mass is 307 g/mol. The number of anilines is 1. The summed E-state index contributed by atoms with van der Waals surface area (Å²) in [5.41, 5.74) is 7.03. The molecule has 1 fully saturated rings. The fraction of sp³-hybridized carbons (Fsp3) is 0.467. The van der Waals surface area contributed by atoms with Crippen LogP contribution in [0.5, 0.6) is 0 Å². The van der Waals surface area contributed by atoms with Gasteiger partial charge < -0.3 is 16.2 Å². The Morgan fingerprint density at radius 2 is 2.10 bits per heavy atom. The van der Waals surface area contributed by atoms with E-state index in [-0.39, 0.29) is 18.6 Å². The van der Waals surface area contributed by atoms with Crippen LogP contribution in [-0.4, -0.2) is 46.1 Å². The van der Waals surface area contributed by atoms with Crippen LogP contribution in [0.15, 0.2) is 24.3 Å². The molecule has 1 aromatic rings. The number of hydrogen-bond donors (Lipinski definition) is 3. The van der Waals surface area contributed by atoms with Gasteiger partial charge in [0.1, 0.15) is 4.99 Å². The molecule has 0 saturated heterocycles. The summed E-state index contributed by atoms with van der Waals surface area (Å²) in [7, 11) is 0. The van der Waals surface area contributed by atoms with Gasteiger partial charge in [-0.15, -0.1) is 0 Å². The van der Waals surface area contributed by atoms with Gasteiger partial charge in [-0.3, -0.25) is 9.69 Å². The lowest BCUT2D eigenvalue weighted by molar-refractivity contribution is -0.121. The van der Waals surface area contributed by atoms with Gasteiger partial charge in [-0.1, -0.05) is 12.2 Å². The highest BCUT2D eigenvalue weighted by molar-refractivity contribution is 7.80. The Morgan fingerprint density at radius 3 is 2.57 bits per heavy atom. The fourth-order valence-electron chi connectivity index (χ4n) is 2.33. The van der Waals surface area contributed by atoms with Crippen LogP contribution in [0.4, 0.5) is 5.69 Å². The van der Waals surface area contributed by atoms with Crippen LogP contribution in [0.1, 0.15) is 25.3 Å².